The summed E-state index contributed by atoms with van der Waals surface area (Å²) in [5.41, 5.74) is 4.48. The molecule has 1 N–H and O–H groups in total. The van der Waals surface area contributed by atoms with Crippen molar-refractivity contribution in [3.8, 4) is 0 Å². The van der Waals surface area contributed by atoms with Gasteiger partial charge in [0, 0.05) is 5.92 Å². The molecule has 30 heavy (non-hydrogen) atoms. The molecular formula is C21H22N4O3S2. The van der Waals surface area contributed by atoms with Gasteiger partial charge in [-0.3, -0.25) is 10.2 Å². The van der Waals surface area contributed by atoms with Crippen LogP contribution >= 0.6 is 11.8 Å². The van der Waals surface area contributed by atoms with Crippen molar-refractivity contribution in [3.63, 3.8) is 0 Å². The maximum Gasteiger partial charge on any atom is 0.282 e. The molecular weight excluding hydrogens is 420 g/mol. The number of fused-ring (bicyclic) bond motifs is 2. The van der Waals surface area contributed by atoms with E-state index in [1.807, 2.05) is 39.8 Å². The van der Waals surface area contributed by atoms with Crippen molar-refractivity contribution >= 4 is 49.0 Å². The smallest absolute Gasteiger partial charge is 0.282 e. The number of hydrazone groups is 1. The normalized spacial score (nSPS) is 22.3. The number of benzene rings is 1. The number of thioether (sulfide) groups is 1. The Morgan fingerprint density at radius 2 is 2.03 bits per heavy atom. The van der Waals surface area contributed by atoms with Crippen LogP contribution in [-0.2, 0) is 14.6 Å². The molecule has 3 aliphatic rings. The van der Waals surface area contributed by atoms with Gasteiger partial charge >= 0.3 is 0 Å². The Hall–Kier alpha value is -2.52. The van der Waals surface area contributed by atoms with Gasteiger partial charge in [0.05, 0.1) is 11.3 Å². The molecule has 7 nitrogen and oxygen atoms in total. The minimum Gasteiger partial charge on any atom is -0.282 e. The minimum absolute atomic E-state index is 0.0495. The van der Waals surface area contributed by atoms with Gasteiger partial charge in [-0.1, -0.05) is 55.3 Å². The van der Waals surface area contributed by atoms with E-state index in [9.17, 15) is 13.2 Å². The number of carbonyl (C=O) groups is 1. The van der Waals surface area contributed by atoms with Crippen LogP contribution in [0.5, 0.6) is 0 Å². The Morgan fingerprint density at radius 1 is 1.30 bits per heavy atom. The summed E-state index contributed by atoms with van der Waals surface area (Å²) in [4.78, 5) is 16.7. The first-order valence-corrected chi connectivity index (χ1v) is 12.1. The fraction of sp³-hybridized carbons (Fsp3) is 0.333. The van der Waals surface area contributed by atoms with Gasteiger partial charge in [0.25, 0.3) is 5.91 Å². The van der Waals surface area contributed by atoms with E-state index in [-0.39, 0.29) is 38.5 Å². The quantitative estimate of drug-likeness (QED) is 0.719. The van der Waals surface area contributed by atoms with Gasteiger partial charge in [-0.25, -0.2) is 8.42 Å². The van der Waals surface area contributed by atoms with E-state index >= 15 is 0 Å². The van der Waals surface area contributed by atoms with Crippen LogP contribution in [0.15, 0.2) is 45.5 Å². The summed E-state index contributed by atoms with van der Waals surface area (Å²) in [5.74, 6) is -0.951. The molecule has 4 rings (SSSR count). The molecule has 1 amide bonds. The van der Waals surface area contributed by atoms with Crippen molar-refractivity contribution in [1.82, 2.24) is 5.01 Å². The third-order valence-corrected chi connectivity index (χ3v) is 8.47. The lowest BCUT2D eigenvalue weighted by Crippen LogP contribution is -2.36. The Kier molecular flexibility index (Phi) is 5.06. The van der Waals surface area contributed by atoms with Gasteiger partial charge in [-0.2, -0.15) is 10.0 Å². The average molecular weight is 443 g/mol. The molecule has 1 aromatic carbocycles. The molecule has 0 spiro atoms. The summed E-state index contributed by atoms with van der Waals surface area (Å²) in [6.45, 7) is 7.62. The van der Waals surface area contributed by atoms with E-state index < -0.39 is 15.7 Å². The number of nitrogens with zero attached hydrogens (tertiary/aromatic N) is 3. The molecule has 2 heterocycles. The van der Waals surface area contributed by atoms with E-state index in [2.05, 4.69) is 22.2 Å². The summed E-state index contributed by atoms with van der Waals surface area (Å²) >= 11 is 0.825. The highest BCUT2D eigenvalue weighted by Crippen LogP contribution is 2.39. The molecule has 0 fully saturated rings. The fourth-order valence-electron chi connectivity index (χ4n) is 3.69. The Morgan fingerprint density at radius 3 is 2.73 bits per heavy atom. The van der Waals surface area contributed by atoms with E-state index in [0.717, 1.165) is 39.0 Å². The van der Waals surface area contributed by atoms with Crippen molar-refractivity contribution in [2.45, 2.75) is 33.6 Å². The second kappa shape index (κ2) is 7.31. The lowest BCUT2D eigenvalue weighted by Gasteiger charge is -2.21. The summed E-state index contributed by atoms with van der Waals surface area (Å²) < 4.78 is 25.0. The number of aryl methyl sites for hydroxylation is 1. The third-order valence-electron chi connectivity index (χ3n) is 5.04. The molecule has 156 valence electrons. The van der Waals surface area contributed by atoms with Crippen LogP contribution in [0.2, 0.25) is 0 Å². The van der Waals surface area contributed by atoms with Crippen LogP contribution in [0.25, 0.3) is 6.08 Å². The van der Waals surface area contributed by atoms with Gasteiger partial charge in [-0.15, -0.1) is 5.10 Å². The number of nitrogens with one attached hydrogen (secondary N) is 1. The highest BCUT2D eigenvalue weighted by Gasteiger charge is 2.40. The summed E-state index contributed by atoms with van der Waals surface area (Å²) in [6, 6.07) is 6.16. The zero-order valence-corrected chi connectivity index (χ0v) is 18.8. The topological polar surface area (TPSA) is 103 Å². The monoisotopic (exact) mass is 442 g/mol. The lowest BCUT2D eigenvalue weighted by atomic mass is 9.92. The van der Waals surface area contributed by atoms with Crippen LogP contribution in [-0.4, -0.2) is 40.5 Å². The maximum atomic E-state index is 12.7. The molecule has 1 atom stereocenters. The van der Waals surface area contributed by atoms with E-state index in [1.54, 1.807) is 6.08 Å². The Balaban J connectivity index is 1.70. The van der Waals surface area contributed by atoms with E-state index in [4.69, 9.17) is 5.41 Å². The predicted octanol–water partition coefficient (Wildman–Crippen LogP) is 3.69. The Labute approximate surface area is 180 Å². The van der Waals surface area contributed by atoms with Crippen LogP contribution in [0, 0.1) is 18.3 Å². The summed E-state index contributed by atoms with van der Waals surface area (Å²) in [7, 11) is -3.60. The second-order valence-corrected chi connectivity index (χ2v) is 11.2. The SMILES string of the molecule is CC1=Cc2ccc(C)cc2C1/C=C1/C(=N)N2N=C(S(=O)(=O)CC(C)C)SC2=NC1=O. The highest BCUT2D eigenvalue weighted by atomic mass is 32.3. The number of rotatable bonds is 3. The third kappa shape index (κ3) is 3.56. The van der Waals surface area contributed by atoms with Crippen molar-refractivity contribution in [2.24, 2.45) is 16.0 Å². The van der Waals surface area contributed by atoms with Gasteiger partial charge in [0.2, 0.25) is 19.4 Å². The van der Waals surface area contributed by atoms with Crippen LogP contribution in [0.3, 0.4) is 0 Å². The molecule has 0 saturated carbocycles. The highest BCUT2D eigenvalue weighted by molar-refractivity contribution is 8.42. The number of allylic oxidation sites excluding steroid dienone is 2. The number of sulfone groups is 1. The number of hydrogen-bond donors (Lipinski definition) is 1. The molecule has 1 unspecified atom stereocenters. The number of amides is 1. The minimum atomic E-state index is -3.60. The largest absolute Gasteiger partial charge is 0.282 e. The molecule has 0 bridgehead atoms. The maximum absolute atomic E-state index is 12.7. The number of amidine groups is 2. The molecule has 0 saturated heterocycles. The van der Waals surface area contributed by atoms with Crippen LogP contribution in [0.1, 0.15) is 43.4 Å². The second-order valence-electron chi connectivity index (χ2n) is 8.08. The van der Waals surface area contributed by atoms with Crippen molar-refractivity contribution in [2.75, 3.05) is 5.75 Å². The number of carbonyl (C=O) groups excluding carboxylic acids is 1. The first-order chi connectivity index (χ1) is 14.1. The first-order valence-electron chi connectivity index (χ1n) is 9.58. The zero-order valence-electron chi connectivity index (χ0n) is 17.1. The molecule has 1 aliphatic carbocycles. The molecule has 0 aromatic heterocycles. The van der Waals surface area contributed by atoms with Gasteiger partial charge < -0.3 is 0 Å². The number of hydrogen-bond acceptors (Lipinski definition) is 6. The summed E-state index contributed by atoms with van der Waals surface area (Å²) in [5, 5.41) is 13.9. The molecule has 2 aliphatic heterocycles. The van der Waals surface area contributed by atoms with Crippen molar-refractivity contribution < 1.29 is 13.2 Å². The molecule has 0 radical (unpaired) electrons. The van der Waals surface area contributed by atoms with E-state index in [1.165, 1.54) is 0 Å². The molecule has 1 aromatic rings. The molecule has 9 heteroatoms. The first kappa shape index (κ1) is 20.7. The van der Waals surface area contributed by atoms with Gasteiger partial charge in [-0.05, 0) is 42.7 Å². The average Bonchev–Trinajstić information content (AvgIpc) is 3.19. The van der Waals surface area contributed by atoms with Gasteiger partial charge in [0.1, 0.15) is 0 Å². The van der Waals surface area contributed by atoms with Crippen molar-refractivity contribution in [3.05, 3.63) is 52.1 Å². The van der Waals surface area contributed by atoms with E-state index in [0.29, 0.717) is 0 Å². The van der Waals surface area contributed by atoms with Crippen molar-refractivity contribution in [1.29, 1.82) is 5.41 Å². The zero-order chi connectivity index (χ0) is 21.8. The van der Waals surface area contributed by atoms with Crippen LogP contribution < -0.4 is 0 Å². The Bertz CT molecular complexity index is 1210. The fourth-order valence-corrected chi connectivity index (χ4v) is 6.48. The summed E-state index contributed by atoms with van der Waals surface area (Å²) in [6.07, 6.45) is 3.81. The van der Waals surface area contributed by atoms with Gasteiger partial charge in [0.15, 0.2) is 5.84 Å². The number of aliphatic imine (C=N–C) groups is 1. The predicted molar refractivity (Wildman–Crippen MR) is 121 cm³/mol. The lowest BCUT2D eigenvalue weighted by molar-refractivity contribution is -0.114. The van der Waals surface area contributed by atoms with Crippen LogP contribution in [0.4, 0.5) is 0 Å². The standard InChI is InChI=1S/C21H22N4O3S2/c1-11(2)10-30(27,28)21-24-25-18(22)17(19(26)23-20(25)29-21)9-15-13(4)8-14-6-5-12(3)7-16(14)15/h5-9,11,15,22H,10H2,1-4H3/b17-9-,22-18?.